The second-order valence-corrected chi connectivity index (χ2v) is 4.58. The molecule has 0 fully saturated rings. The Morgan fingerprint density at radius 1 is 1.11 bits per heavy atom. The number of aromatic carboxylic acids is 1. The van der Waals surface area contributed by atoms with Crippen LogP contribution in [0.1, 0.15) is 10.4 Å². The number of carboxylic acid groups (broad SMARTS) is 1. The second-order valence-electron chi connectivity index (χ2n) is 3.73. The lowest BCUT2D eigenvalue weighted by molar-refractivity contribution is 0.0696. The Morgan fingerprint density at radius 2 is 1.84 bits per heavy atom. The average Bonchev–Trinajstić information content (AvgIpc) is 2.36. The number of nitrogens with two attached hydrogens (primary N) is 1. The topological polar surface area (TPSA) is 72.6 Å². The molecule has 0 atom stereocenters. The van der Waals surface area contributed by atoms with Gasteiger partial charge in [-0.3, -0.25) is 0 Å². The van der Waals surface area contributed by atoms with Gasteiger partial charge in [0.15, 0.2) is 5.75 Å². The molecule has 19 heavy (non-hydrogen) atoms. The summed E-state index contributed by atoms with van der Waals surface area (Å²) in [6.45, 7) is 0. The molecular weight excluding hydrogens is 289 g/mol. The van der Waals surface area contributed by atoms with Crippen LogP contribution in [0, 0.1) is 0 Å². The fraction of sp³-hybridized carbons (Fsp3) is 0. The maximum Gasteiger partial charge on any atom is 0.335 e. The fourth-order valence-corrected chi connectivity index (χ4v) is 1.75. The molecule has 2 aromatic carbocycles. The molecule has 0 aliphatic rings. The van der Waals surface area contributed by atoms with E-state index in [0.29, 0.717) is 21.5 Å². The maximum atomic E-state index is 10.9. The third kappa shape index (κ3) is 3.10. The molecule has 0 aliphatic carbocycles. The molecule has 6 heteroatoms. The van der Waals surface area contributed by atoms with Crippen LogP contribution >= 0.6 is 23.2 Å². The zero-order valence-electron chi connectivity index (χ0n) is 9.56. The first-order chi connectivity index (χ1) is 8.97. The molecule has 0 aromatic heterocycles. The molecule has 2 rings (SSSR count). The van der Waals surface area contributed by atoms with Gasteiger partial charge in [-0.05, 0) is 30.3 Å². The number of hydrogen-bond donors (Lipinski definition) is 2. The number of rotatable bonds is 3. The Hall–Kier alpha value is -1.91. The van der Waals surface area contributed by atoms with Gasteiger partial charge in [-0.1, -0.05) is 23.2 Å². The highest BCUT2D eigenvalue weighted by Crippen LogP contribution is 2.34. The lowest BCUT2D eigenvalue weighted by Crippen LogP contribution is -1.99. The predicted octanol–water partition coefficient (Wildman–Crippen LogP) is 4.07. The van der Waals surface area contributed by atoms with Gasteiger partial charge in [-0.15, -0.1) is 0 Å². The van der Waals surface area contributed by atoms with Crippen molar-refractivity contribution in [3.63, 3.8) is 0 Å². The minimum absolute atomic E-state index is 0.0716. The molecule has 3 N–H and O–H groups in total. The molecule has 0 aliphatic heterocycles. The van der Waals surface area contributed by atoms with E-state index in [2.05, 4.69) is 0 Å². The Kier molecular flexibility index (Phi) is 3.83. The number of nitrogen functional groups attached to an aromatic ring is 1. The van der Waals surface area contributed by atoms with Crippen LogP contribution in [0.3, 0.4) is 0 Å². The van der Waals surface area contributed by atoms with E-state index in [1.54, 1.807) is 12.1 Å². The van der Waals surface area contributed by atoms with Gasteiger partial charge in [-0.2, -0.15) is 0 Å². The van der Waals surface area contributed by atoms with Crippen LogP contribution in [-0.4, -0.2) is 11.1 Å². The summed E-state index contributed by atoms with van der Waals surface area (Å²) >= 11 is 11.8. The molecule has 0 radical (unpaired) electrons. The largest absolute Gasteiger partial charge is 0.478 e. The van der Waals surface area contributed by atoms with Crippen LogP contribution in [0.25, 0.3) is 0 Å². The smallest absolute Gasteiger partial charge is 0.335 e. The normalized spacial score (nSPS) is 10.2. The van der Waals surface area contributed by atoms with E-state index in [0.717, 1.165) is 0 Å². The van der Waals surface area contributed by atoms with E-state index in [9.17, 15) is 4.79 Å². The maximum absolute atomic E-state index is 10.9. The van der Waals surface area contributed by atoms with Gasteiger partial charge >= 0.3 is 5.97 Å². The summed E-state index contributed by atoms with van der Waals surface area (Å²) in [4.78, 5) is 10.9. The van der Waals surface area contributed by atoms with E-state index < -0.39 is 5.97 Å². The van der Waals surface area contributed by atoms with Gasteiger partial charge in [0.2, 0.25) is 0 Å². The van der Waals surface area contributed by atoms with Crippen molar-refractivity contribution in [1.82, 2.24) is 0 Å². The zero-order valence-corrected chi connectivity index (χ0v) is 11.1. The quantitative estimate of drug-likeness (QED) is 0.838. The van der Waals surface area contributed by atoms with Crippen LogP contribution in [0.4, 0.5) is 5.69 Å². The molecule has 2 aromatic rings. The van der Waals surface area contributed by atoms with Crippen LogP contribution in [0.5, 0.6) is 11.5 Å². The molecule has 0 saturated carbocycles. The van der Waals surface area contributed by atoms with E-state index >= 15 is 0 Å². The molecule has 0 spiro atoms. The van der Waals surface area contributed by atoms with Gasteiger partial charge in [-0.25, -0.2) is 4.79 Å². The van der Waals surface area contributed by atoms with E-state index in [1.807, 2.05) is 0 Å². The highest BCUT2D eigenvalue weighted by molar-refractivity contribution is 6.34. The third-order valence-corrected chi connectivity index (χ3v) is 2.92. The molecule has 0 amide bonds. The monoisotopic (exact) mass is 297 g/mol. The summed E-state index contributed by atoms with van der Waals surface area (Å²) < 4.78 is 5.51. The Balaban J connectivity index is 2.40. The van der Waals surface area contributed by atoms with Gasteiger partial charge in [0.25, 0.3) is 0 Å². The van der Waals surface area contributed by atoms with Crippen molar-refractivity contribution in [1.29, 1.82) is 0 Å². The number of hydrogen-bond acceptors (Lipinski definition) is 3. The number of carbonyl (C=O) groups is 1. The summed E-state index contributed by atoms with van der Waals surface area (Å²) in [5.41, 5.74) is 6.11. The number of ether oxygens (including phenoxy) is 1. The van der Waals surface area contributed by atoms with Crippen LogP contribution in [-0.2, 0) is 0 Å². The predicted molar refractivity (Wildman–Crippen MR) is 74.3 cm³/mol. The van der Waals surface area contributed by atoms with E-state index in [4.69, 9.17) is 38.8 Å². The Morgan fingerprint density at radius 3 is 2.53 bits per heavy atom. The minimum atomic E-state index is -1.07. The SMILES string of the molecule is Nc1ccc(C(=O)O)cc1Oc1cc(Cl)ccc1Cl. The highest BCUT2D eigenvalue weighted by atomic mass is 35.5. The lowest BCUT2D eigenvalue weighted by atomic mass is 10.2. The standard InChI is InChI=1S/C13H9Cl2NO3/c14-8-2-3-9(15)11(6-8)19-12-5-7(13(17)18)1-4-10(12)16/h1-6H,16H2,(H,17,18). The van der Waals surface area contributed by atoms with Crippen molar-refractivity contribution in [3.8, 4) is 11.5 Å². The molecule has 0 saturated heterocycles. The van der Waals surface area contributed by atoms with Crippen LogP contribution < -0.4 is 10.5 Å². The molecule has 4 nitrogen and oxygen atoms in total. The van der Waals surface area contributed by atoms with Crippen molar-refractivity contribution in [2.45, 2.75) is 0 Å². The Bertz CT molecular complexity index is 644. The summed E-state index contributed by atoms with van der Waals surface area (Å²) in [6.07, 6.45) is 0. The summed E-state index contributed by atoms with van der Waals surface area (Å²) in [7, 11) is 0. The minimum Gasteiger partial charge on any atom is -0.478 e. The first kappa shape index (κ1) is 13.5. The van der Waals surface area contributed by atoms with Gasteiger partial charge in [0, 0.05) is 11.1 Å². The zero-order chi connectivity index (χ0) is 14.0. The van der Waals surface area contributed by atoms with E-state index in [1.165, 1.54) is 24.3 Å². The van der Waals surface area contributed by atoms with Crippen molar-refractivity contribution in [2.24, 2.45) is 0 Å². The molecule has 98 valence electrons. The second kappa shape index (κ2) is 5.38. The van der Waals surface area contributed by atoms with Crippen molar-refractivity contribution in [2.75, 3.05) is 5.73 Å². The van der Waals surface area contributed by atoms with Gasteiger partial charge in [0.1, 0.15) is 5.75 Å². The van der Waals surface area contributed by atoms with E-state index in [-0.39, 0.29) is 11.3 Å². The first-order valence-corrected chi connectivity index (χ1v) is 5.98. The van der Waals surface area contributed by atoms with Crippen molar-refractivity contribution >= 4 is 34.9 Å². The fourth-order valence-electron chi connectivity index (χ4n) is 1.43. The van der Waals surface area contributed by atoms with Crippen LogP contribution in [0.15, 0.2) is 36.4 Å². The van der Waals surface area contributed by atoms with Crippen molar-refractivity contribution < 1.29 is 14.6 Å². The van der Waals surface area contributed by atoms with Crippen LogP contribution in [0.2, 0.25) is 10.0 Å². The van der Waals surface area contributed by atoms with Crippen molar-refractivity contribution in [3.05, 3.63) is 52.0 Å². The summed E-state index contributed by atoms with van der Waals surface area (Å²) in [5.74, 6) is -0.547. The Labute approximate surface area is 119 Å². The number of anilines is 1. The van der Waals surface area contributed by atoms with Gasteiger partial charge < -0.3 is 15.6 Å². The third-order valence-electron chi connectivity index (χ3n) is 2.37. The van der Waals surface area contributed by atoms with Gasteiger partial charge in [0.05, 0.1) is 16.3 Å². The first-order valence-electron chi connectivity index (χ1n) is 5.23. The lowest BCUT2D eigenvalue weighted by Gasteiger charge is -2.10. The molecule has 0 bridgehead atoms. The number of halogens is 2. The molecule has 0 unspecified atom stereocenters. The number of carboxylic acids is 1. The molecular formula is C13H9Cl2NO3. The summed E-state index contributed by atoms with van der Waals surface area (Å²) in [5, 5.41) is 9.72. The summed E-state index contributed by atoms with van der Waals surface area (Å²) in [6, 6.07) is 8.90. The number of benzene rings is 2. The molecule has 0 heterocycles. The average molecular weight is 298 g/mol. The highest BCUT2D eigenvalue weighted by Gasteiger charge is 2.10.